The molecule has 0 aliphatic carbocycles. The fourth-order valence-corrected chi connectivity index (χ4v) is 1.90. The average molecular weight is 286 g/mol. The number of nitriles is 1. The largest absolute Gasteiger partial charge is 0.478 e. The lowest BCUT2D eigenvalue weighted by Gasteiger charge is -2.20. The third kappa shape index (κ3) is 4.77. The number of hydrogen-bond acceptors (Lipinski definition) is 3. The molecule has 1 rings (SSSR count). The Hall–Kier alpha value is -2.61. The molecule has 1 amide bonds. The summed E-state index contributed by atoms with van der Waals surface area (Å²) >= 11 is 0. The van der Waals surface area contributed by atoms with Crippen molar-refractivity contribution < 1.29 is 14.7 Å². The number of carboxylic acid groups (broad SMARTS) is 1. The van der Waals surface area contributed by atoms with Gasteiger partial charge >= 0.3 is 5.97 Å². The molecule has 5 heteroatoms. The van der Waals surface area contributed by atoms with Gasteiger partial charge in [0.15, 0.2) is 0 Å². The number of carbonyl (C=O) groups is 2. The van der Waals surface area contributed by atoms with Gasteiger partial charge in [-0.05, 0) is 37.1 Å². The van der Waals surface area contributed by atoms with Crippen LogP contribution in [-0.2, 0) is 4.79 Å². The first-order valence-electron chi connectivity index (χ1n) is 6.67. The van der Waals surface area contributed by atoms with E-state index in [9.17, 15) is 9.59 Å². The van der Waals surface area contributed by atoms with Crippen LogP contribution in [0.25, 0.3) is 6.08 Å². The van der Waals surface area contributed by atoms with Crippen molar-refractivity contribution in [3.63, 3.8) is 0 Å². The number of aliphatic carboxylic acids is 1. The molecule has 110 valence electrons. The monoisotopic (exact) mass is 286 g/mol. The molecule has 21 heavy (non-hydrogen) atoms. The van der Waals surface area contributed by atoms with Crippen molar-refractivity contribution in [1.29, 1.82) is 5.26 Å². The van der Waals surface area contributed by atoms with Gasteiger partial charge in [0, 0.05) is 24.7 Å². The molecule has 0 aliphatic heterocycles. The lowest BCUT2D eigenvalue weighted by Crippen LogP contribution is -2.32. The van der Waals surface area contributed by atoms with E-state index in [2.05, 4.69) is 0 Å². The zero-order chi connectivity index (χ0) is 15.8. The van der Waals surface area contributed by atoms with Gasteiger partial charge in [-0.2, -0.15) is 5.26 Å². The smallest absolute Gasteiger partial charge is 0.328 e. The second-order valence-corrected chi connectivity index (χ2v) is 4.54. The third-order valence-corrected chi connectivity index (χ3v) is 3.07. The first-order valence-corrected chi connectivity index (χ1v) is 6.67. The summed E-state index contributed by atoms with van der Waals surface area (Å²) in [5.74, 6) is -1.18. The SMILES string of the molecule is CCN(CCC#N)C(=O)c1cc(C=CC(=O)O)ccc1C. The van der Waals surface area contributed by atoms with Gasteiger partial charge in [0.05, 0.1) is 12.5 Å². The first kappa shape index (κ1) is 16.4. The standard InChI is InChI=1S/C16H18N2O3/c1-3-18(10-4-9-17)16(21)14-11-13(6-5-12(14)2)7-8-15(19)20/h5-8,11H,3-4,10H2,1-2H3,(H,19,20). The van der Waals surface area contributed by atoms with Crippen LogP contribution in [0.4, 0.5) is 0 Å². The van der Waals surface area contributed by atoms with Gasteiger partial charge in [0.1, 0.15) is 0 Å². The molecule has 1 N–H and O–H groups in total. The lowest BCUT2D eigenvalue weighted by atomic mass is 10.0. The van der Waals surface area contributed by atoms with Crippen LogP contribution in [0, 0.1) is 18.3 Å². The van der Waals surface area contributed by atoms with Crippen LogP contribution in [0.1, 0.15) is 34.8 Å². The summed E-state index contributed by atoms with van der Waals surface area (Å²) in [5.41, 5.74) is 2.01. The number of carbonyl (C=O) groups excluding carboxylic acids is 1. The highest BCUT2D eigenvalue weighted by Gasteiger charge is 2.16. The molecule has 0 atom stereocenters. The number of nitrogens with zero attached hydrogens (tertiary/aromatic N) is 2. The van der Waals surface area contributed by atoms with Gasteiger partial charge in [-0.3, -0.25) is 4.79 Å². The van der Waals surface area contributed by atoms with E-state index in [0.717, 1.165) is 11.6 Å². The predicted molar refractivity (Wildman–Crippen MR) is 79.7 cm³/mol. The molecule has 0 aliphatic rings. The third-order valence-electron chi connectivity index (χ3n) is 3.07. The van der Waals surface area contributed by atoms with Crippen molar-refractivity contribution in [3.05, 3.63) is 41.0 Å². The summed E-state index contributed by atoms with van der Waals surface area (Å²) in [5, 5.41) is 17.3. The molecule has 0 bridgehead atoms. The summed E-state index contributed by atoms with van der Waals surface area (Å²) in [6, 6.07) is 7.25. The number of amides is 1. The van der Waals surface area contributed by atoms with E-state index in [1.165, 1.54) is 6.08 Å². The molecule has 0 saturated heterocycles. The van der Waals surface area contributed by atoms with Crippen LogP contribution >= 0.6 is 0 Å². The number of benzene rings is 1. The van der Waals surface area contributed by atoms with Gasteiger partial charge in [-0.15, -0.1) is 0 Å². The number of rotatable bonds is 6. The Morgan fingerprint density at radius 3 is 2.71 bits per heavy atom. The van der Waals surface area contributed by atoms with Crippen LogP contribution in [-0.4, -0.2) is 35.0 Å². The van der Waals surface area contributed by atoms with E-state index in [0.29, 0.717) is 24.2 Å². The Labute approximate surface area is 124 Å². The number of aryl methyl sites for hydroxylation is 1. The highest BCUT2D eigenvalue weighted by atomic mass is 16.4. The maximum absolute atomic E-state index is 12.5. The zero-order valence-corrected chi connectivity index (χ0v) is 12.2. The molecule has 0 saturated carbocycles. The van der Waals surface area contributed by atoms with E-state index >= 15 is 0 Å². The summed E-state index contributed by atoms with van der Waals surface area (Å²) in [7, 11) is 0. The first-order chi connectivity index (χ1) is 9.99. The molecule has 0 unspecified atom stereocenters. The minimum atomic E-state index is -1.03. The fraction of sp³-hybridized carbons (Fsp3) is 0.312. The minimum absolute atomic E-state index is 0.143. The minimum Gasteiger partial charge on any atom is -0.478 e. The molecule has 1 aromatic carbocycles. The van der Waals surface area contributed by atoms with Crippen molar-refractivity contribution in [2.24, 2.45) is 0 Å². The van der Waals surface area contributed by atoms with Crippen molar-refractivity contribution in [1.82, 2.24) is 4.90 Å². The summed E-state index contributed by atoms with van der Waals surface area (Å²) in [6.45, 7) is 4.60. The van der Waals surface area contributed by atoms with E-state index in [-0.39, 0.29) is 12.3 Å². The quantitative estimate of drug-likeness (QED) is 0.814. The van der Waals surface area contributed by atoms with Gasteiger partial charge in [-0.1, -0.05) is 12.1 Å². The molecule has 5 nitrogen and oxygen atoms in total. The van der Waals surface area contributed by atoms with E-state index in [1.54, 1.807) is 23.1 Å². The Kier molecular flexibility index (Phi) is 6.15. The van der Waals surface area contributed by atoms with E-state index in [1.807, 2.05) is 19.9 Å². The normalized spacial score (nSPS) is 10.3. The van der Waals surface area contributed by atoms with Gasteiger partial charge in [0.2, 0.25) is 0 Å². The molecule has 0 fully saturated rings. The second-order valence-electron chi connectivity index (χ2n) is 4.54. The topological polar surface area (TPSA) is 81.4 Å². The second kappa shape index (κ2) is 7.85. The van der Waals surface area contributed by atoms with Crippen molar-refractivity contribution >= 4 is 18.0 Å². The molecule has 0 aromatic heterocycles. The van der Waals surface area contributed by atoms with Crippen molar-refractivity contribution in [2.75, 3.05) is 13.1 Å². The van der Waals surface area contributed by atoms with Crippen LogP contribution in [0.3, 0.4) is 0 Å². The van der Waals surface area contributed by atoms with Crippen LogP contribution < -0.4 is 0 Å². The van der Waals surface area contributed by atoms with Crippen LogP contribution in [0.5, 0.6) is 0 Å². The molecule has 0 heterocycles. The van der Waals surface area contributed by atoms with Gasteiger partial charge in [-0.25, -0.2) is 4.79 Å². The molecular formula is C16H18N2O3. The van der Waals surface area contributed by atoms with Crippen LogP contribution in [0.2, 0.25) is 0 Å². The lowest BCUT2D eigenvalue weighted by molar-refractivity contribution is -0.131. The summed E-state index contributed by atoms with van der Waals surface area (Å²) < 4.78 is 0. The average Bonchev–Trinajstić information content (AvgIpc) is 2.46. The maximum atomic E-state index is 12.5. The number of carboxylic acids is 1. The highest BCUT2D eigenvalue weighted by Crippen LogP contribution is 2.15. The van der Waals surface area contributed by atoms with Gasteiger partial charge in [0.25, 0.3) is 5.91 Å². The Bertz CT molecular complexity index is 600. The van der Waals surface area contributed by atoms with E-state index in [4.69, 9.17) is 10.4 Å². The molecule has 1 aromatic rings. The van der Waals surface area contributed by atoms with Crippen LogP contribution in [0.15, 0.2) is 24.3 Å². The van der Waals surface area contributed by atoms with E-state index < -0.39 is 5.97 Å². The van der Waals surface area contributed by atoms with Gasteiger partial charge < -0.3 is 10.0 Å². The Morgan fingerprint density at radius 2 is 2.14 bits per heavy atom. The maximum Gasteiger partial charge on any atom is 0.328 e. The van der Waals surface area contributed by atoms with Crippen molar-refractivity contribution in [3.8, 4) is 6.07 Å². The molecule has 0 spiro atoms. The van der Waals surface area contributed by atoms with Crippen molar-refractivity contribution in [2.45, 2.75) is 20.3 Å². The predicted octanol–water partition coefficient (Wildman–Crippen LogP) is 2.47. The summed E-state index contributed by atoms with van der Waals surface area (Å²) in [4.78, 5) is 24.6. The Balaban J connectivity index is 3.05. The Morgan fingerprint density at radius 1 is 1.43 bits per heavy atom. The zero-order valence-electron chi connectivity index (χ0n) is 12.2. The number of hydrogen-bond donors (Lipinski definition) is 1. The molecular weight excluding hydrogens is 268 g/mol. The fourth-order valence-electron chi connectivity index (χ4n) is 1.90. The summed E-state index contributed by atoms with van der Waals surface area (Å²) in [6.07, 6.45) is 2.77. The molecule has 0 radical (unpaired) electrons. The highest BCUT2D eigenvalue weighted by molar-refractivity contribution is 5.96.